The van der Waals surface area contributed by atoms with Crippen molar-refractivity contribution in [3.63, 3.8) is 0 Å². The van der Waals surface area contributed by atoms with Crippen LogP contribution in [0.3, 0.4) is 0 Å². The molecule has 0 aliphatic heterocycles. The zero-order valence-electron chi connectivity index (χ0n) is 14.5. The zero-order valence-corrected chi connectivity index (χ0v) is 14.5. The smallest absolute Gasteiger partial charge is 0.257 e. The Labute approximate surface area is 151 Å². The van der Waals surface area contributed by atoms with Gasteiger partial charge < -0.3 is 20.1 Å². The number of hydrogen-bond acceptors (Lipinski definition) is 5. The number of nitrogens with zero attached hydrogens (tertiary/aromatic N) is 1. The van der Waals surface area contributed by atoms with E-state index in [1.807, 2.05) is 42.5 Å². The summed E-state index contributed by atoms with van der Waals surface area (Å²) >= 11 is 0. The highest BCUT2D eigenvalue weighted by molar-refractivity contribution is 6.04. The highest BCUT2D eigenvalue weighted by Crippen LogP contribution is 2.31. The van der Waals surface area contributed by atoms with E-state index in [1.54, 1.807) is 32.5 Å². The summed E-state index contributed by atoms with van der Waals surface area (Å²) in [5.41, 5.74) is 2.90. The molecule has 3 rings (SSSR count). The third-order valence-electron chi connectivity index (χ3n) is 3.75. The average molecular weight is 349 g/mol. The number of aromatic nitrogens is 1. The second-order valence-electron chi connectivity index (χ2n) is 5.46. The van der Waals surface area contributed by atoms with E-state index in [9.17, 15) is 4.79 Å². The number of carbonyl (C=O) groups is 1. The Kier molecular flexibility index (Phi) is 5.34. The number of pyridine rings is 1. The van der Waals surface area contributed by atoms with Gasteiger partial charge in [-0.2, -0.15) is 0 Å². The van der Waals surface area contributed by atoms with E-state index in [0.717, 1.165) is 17.1 Å². The van der Waals surface area contributed by atoms with Crippen molar-refractivity contribution in [2.45, 2.75) is 0 Å². The monoisotopic (exact) mass is 349 g/mol. The number of anilines is 3. The molecule has 3 aromatic rings. The van der Waals surface area contributed by atoms with Gasteiger partial charge in [0.1, 0.15) is 11.5 Å². The van der Waals surface area contributed by atoms with Gasteiger partial charge in [-0.05, 0) is 48.5 Å². The number of carbonyl (C=O) groups excluding carboxylic acids is 1. The molecule has 6 nitrogen and oxygen atoms in total. The topological polar surface area (TPSA) is 72.5 Å². The lowest BCUT2D eigenvalue weighted by Gasteiger charge is -2.13. The van der Waals surface area contributed by atoms with Crippen LogP contribution in [0.25, 0.3) is 0 Å². The Hall–Kier alpha value is -3.54. The van der Waals surface area contributed by atoms with Crippen molar-refractivity contribution in [2.75, 3.05) is 24.9 Å². The van der Waals surface area contributed by atoms with Crippen LogP contribution in [0.5, 0.6) is 11.5 Å². The maximum absolute atomic E-state index is 12.1. The van der Waals surface area contributed by atoms with Gasteiger partial charge in [0.15, 0.2) is 0 Å². The summed E-state index contributed by atoms with van der Waals surface area (Å²) < 4.78 is 10.6. The molecule has 26 heavy (non-hydrogen) atoms. The molecule has 0 radical (unpaired) electrons. The van der Waals surface area contributed by atoms with Gasteiger partial charge in [0.25, 0.3) is 5.91 Å². The number of benzene rings is 2. The van der Waals surface area contributed by atoms with Crippen LogP contribution in [-0.4, -0.2) is 25.1 Å². The van der Waals surface area contributed by atoms with Crippen molar-refractivity contribution in [2.24, 2.45) is 0 Å². The van der Waals surface area contributed by atoms with E-state index >= 15 is 0 Å². The van der Waals surface area contributed by atoms with Crippen LogP contribution in [-0.2, 0) is 0 Å². The van der Waals surface area contributed by atoms with Crippen LogP contribution in [0.4, 0.5) is 17.1 Å². The lowest BCUT2D eigenvalue weighted by atomic mass is 10.2. The normalized spacial score (nSPS) is 10.1. The molecule has 1 aromatic heterocycles. The van der Waals surface area contributed by atoms with Gasteiger partial charge in [-0.1, -0.05) is 0 Å². The summed E-state index contributed by atoms with van der Waals surface area (Å²) in [6.07, 6.45) is 3.16. The zero-order chi connectivity index (χ0) is 18.4. The summed E-state index contributed by atoms with van der Waals surface area (Å²) in [6.45, 7) is 0. The molecule has 2 N–H and O–H groups in total. The maximum atomic E-state index is 12.1. The van der Waals surface area contributed by atoms with E-state index in [-0.39, 0.29) is 5.91 Å². The van der Waals surface area contributed by atoms with Crippen molar-refractivity contribution >= 4 is 23.0 Å². The lowest BCUT2D eigenvalue weighted by molar-refractivity contribution is 0.102. The fraction of sp³-hybridized carbons (Fsp3) is 0.100. The Balaban J connectivity index is 1.69. The van der Waals surface area contributed by atoms with Gasteiger partial charge in [-0.15, -0.1) is 0 Å². The number of amides is 1. The SMILES string of the molecule is COc1ccc(Nc2ccc(NC(=O)c3cccnc3)cc2)c(OC)c1. The predicted octanol–water partition coefficient (Wildman–Crippen LogP) is 4.09. The first-order chi connectivity index (χ1) is 12.7. The minimum atomic E-state index is -0.198. The maximum Gasteiger partial charge on any atom is 0.257 e. The van der Waals surface area contributed by atoms with Gasteiger partial charge in [0.05, 0.1) is 25.5 Å². The Morgan fingerprint density at radius 1 is 0.962 bits per heavy atom. The first-order valence-electron chi connectivity index (χ1n) is 8.00. The third kappa shape index (κ3) is 4.10. The van der Waals surface area contributed by atoms with Gasteiger partial charge in [0.2, 0.25) is 0 Å². The van der Waals surface area contributed by atoms with Gasteiger partial charge in [-0.3, -0.25) is 9.78 Å². The Bertz CT molecular complexity index is 881. The number of hydrogen-bond donors (Lipinski definition) is 2. The summed E-state index contributed by atoms with van der Waals surface area (Å²) in [5.74, 6) is 1.20. The quantitative estimate of drug-likeness (QED) is 0.701. The van der Waals surface area contributed by atoms with Gasteiger partial charge >= 0.3 is 0 Å². The van der Waals surface area contributed by atoms with Crippen molar-refractivity contribution in [3.05, 3.63) is 72.6 Å². The minimum absolute atomic E-state index is 0.198. The largest absolute Gasteiger partial charge is 0.497 e. The molecule has 2 aromatic carbocycles. The van der Waals surface area contributed by atoms with Crippen LogP contribution in [0.15, 0.2) is 67.0 Å². The number of rotatable bonds is 6. The molecule has 0 saturated heterocycles. The van der Waals surface area contributed by atoms with Crippen LogP contribution < -0.4 is 20.1 Å². The molecular formula is C20H19N3O3. The summed E-state index contributed by atoms with van der Waals surface area (Å²) in [5, 5.41) is 6.12. The first-order valence-corrected chi connectivity index (χ1v) is 8.00. The molecule has 0 atom stereocenters. The van der Waals surface area contributed by atoms with Crippen LogP contribution in [0.1, 0.15) is 10.4 Å². The number of nitrogens with one attached hydrogen (secondary N) is 2. The second-order valence-corrected chi connectivity index (χ2v) is 5.46. The lowest BCUT2D eigenvalue weighted by Crippen LogP contribution is -2.11. The van der Waals surface area contributed by atoms with E-state index in [4.69, 9.17) is 9.47 Å². The highest BCUT2D eigenvalue weighted by atomic mass is 16.5. The van der Waals surface area contributed by atoms with E-state index in [2.05, 4.69) is 15.6 Å². The van der Waals surface area contributed by atoms with Crippen LogP contribution in [0.2, 0.25) is 0 Å². The number of methoxy groups -OCH3 is 2. The Morgan fingerprint density at radius 2 is 1.73 bits per heavy atom. The highest BCUT2D eigenvalue weighted by Gasteiger charge is 2.07. The fourth-order valence-corrected chi connectivity index (χ4v) is 2.39. The molecule has 0 unspecified atom stereocenters. The Morgan fingerprint density at radius 3 is 2.38 bits per heavy atom. The predicted molar refractivity (Wildman–Crippen MR) is 101 cm³/mol. The second kappa shape index (κ2) is 8.02. The molecule has 0 aliphatic rings. The molecule has 0 aliphatic carbocycles. The van der Waals surface area contributed by atoms with Crippen molar-refractivity contribution < 1.29 is 14.3 Å². The molecule has 1 heterocycles. The van der Waals surface area contributed by atoms with Crippen molar-refractivity contribution in [1.82, 2.24) is 4.98 Å². The van der Waals surface area contributed by atoms with Crippen molar-refractivity contribution in [1.29, 1.82) is 0 Å². The minimum Gasteiger partial charge on any atom is -0.497 e. The molecule has 0 saturated carbocycles. The van der Waals surface area contributed by atoms with Gasteiger partial charge in [-0.25, -0.2) is 0 Å². The van der Waals surface area contributed by atoms with Crippen molar-refractivity contribution in [3.8, 4) is 11.5 Å². The van der Waals surface area contributed by atoms with E-state index < -0.39 is 0 Å². The van der Waals surface area contributed by atoms with E-state index in [0.29, 0.717) is 17.0 Å². The van der Waals surface area contributed by atoms with Crippen LogP contribution in [0, 0.1) is 0 Å². The fourth-order valence-electron chi connectivity index (χ4n) is 2.39. The molecule has 0 bridgehead atoms. The van der Waals surface area contributed by atoms with E-state index in [1.165, 1.54) is 6.20 Å². The van der Waals surface area contributed by atoms with Crippen LogP contribution >= 0.6 is 0 Å². The summed E-state index contributed by atoms with van der Waals surface area (Å²) in [4.78, 5) is 16.1. The standard InChI is InChI=1S/C20H19N3O3/c1-25-17-9-10-18(19(12-17)26-2)22-15-5-7-16(8-6-15)23-20(24)14-4-3-11-21-13-14/h3-13,22H,1-2H3,(H,23,24). The average Bonchev–Trinajstić information content (AvgIpc) is 2.70. The summed E-state index contributed by atoms with van der Waals surface area (Å²) in [7, 11) is 3.22. The first kappa shape index (κ1) is 17.3. The van der Waals surface area contributed by atoms with Gasteiger partial charge in [0, 0.05) is 29.8 Å². The molecule has 6 heteroatoms. The molecule has 132 valence electrons. The third-order valence-corrected chi connectivity index (χ3v) is 3.75. The molecule has 1 amide bonds. The molecular weight excluding hydrogens is 330 g/mol. The molecule has 0 fully saturated rings. The number of ether oxygens (including phenoxy) is 2. The summed E-state index contributed by atoms with van der Waals surface area (Å²) in [6, 6.07) is 16.4. The molecule has 0 spiro atoms.